The lowest BCUT2D eigenvalue weighted by atomic mass is 10.3. The van der Waals surface area contributed by atoms with Gasteiger partial charge in [-0.2, -0.15) is 13.2 Å². The fraction of sp³-hybridized carbons (Fsp3) is 0.278. The molecule has 0 atom stereocenters. The minimum atomic E-state index is -4.53. The lowest BCUT2D eigenvalue weighted by Crippen LogP contribution is -2.19. The highest BCUT2D eigenvalue weighted by Gasteiger charge is 2.29. The first-order valence-electron chi connectivity index (χ1n) is 8.36. The molecule has 29 heavy (non-hydrogen) atoms. The van der Waals surface area contributed by atoms with Crippen molar-refractivity contribution < 1.29 is 32.2 Å². The maximum Gasteiger partial charge on any atom is 0.422 e. The van der Waals surface area contributed by atoms with Crippen LogP contribution in [0.5, 0.6) is 17.4 Å². The van der Waals surface area contributed by atoms with E-state index in [0.717, 1.165) is 0 Å². The Morgan fingerprint density at radius 2 is 2.07 bits per heavy atom. The third-order valence-electron chi connectivity index (χ3n) is 3.69. The number of halogens is 4. The molecule has 3 rings (SSSR count). The molecule has 0 spiro atoms. The average molecular weight is 430 g/mol. The number of pyridine rings is 2. The van der Waals surface area contributed by atoms with Crippen LogP contribution in [-0.2, 0) is 4.74 Å². The second-order valence-electron chi connectivity index (χ2n) is 5.82. The summed E-state index contributed by atoms with van der Waals surface area (Å²) in [5.74, 6) is -0.774. The molecule has 0 aliphatic carbocycles. The zero-order valence-corrected chi connectivity index (χ0v) is 16.0. The predicted octanol–water partition coefficient (Wildman–Crippen LogP) is 4.60. The number of alkyl halides is 3. The van der Waals surface area contributed by atoms with Crippen molar-refractivity contribution in [3.63, 3.8) is 0 Å². The molecular weight excluding hydrogens is 415 g/mol. The highest BCUT2D eigenvalue weighted by molar-refractivity contribution is 6.30. The van der Waals surface area contributed by atoms with Crippen LogP contribution in [0.3, 0.4) is 0 Å². The van der Waals surface area contributed by atoms with E-state index in [4.69, 9.17) is 25.8 Å². The molecule has 3 aromatic rings. The first-order valence-corrected chi connectivity index (χ1v) is 8.74. The number of aromatic nitrogens is 3. The smallest absolute Gasteiger partial charge is 0.422 e. The normalized spacial score (nSPS) is 11.5. The number of hydrogen-bond acceptors (Lipinski definition) is 6. The van der Waals surface area contributed by atoms with E-state index >= 15 is 0 Å². The number of ether oxygens (including phenoxy) is 3. The summed E-state index contributed by atoms with van der Waals surface area (Å²) in [4.78, 5) is 20.1. The Morgan fingerprint density at radius 3 is 2.76 bits per heavy atom. The number of imidazole rings is 1. The van der Waals surface area contributed by atoms with Crippen molar-refractivity contribution in [1.82, 2.24) is 14.4 Å². The monoisotopic (exact) mass is 429 g/mol. The molecule has 0 fully saturated rings. The number of carbonyl (C=O) groups is 1. The standard InChI is InChI=1S/C18H15ClF3N3O4/c1-3-27-17(26)15-10(2)25-8-12(4-5-14(25)24-15)29-16-13(6-11(19)7-23-16)28-9-18(20,21)22/h4-8H,3,9H2,1-2H3. The maximum atomic E-state index is 12.5. The third kappa shape index (κ3) is 4.89. The first kappa shape index (κ1) is 20.7. The summed E-state index contributed by atoms with van der Waals surface area (Å²) in [6, 6.07) is 4.28. The quantitative estimate of drug-likeness (QED) is 0.533. The van der Waals surface area contributed by atoms with Gasteiger partial charge in [0.15, 0.2) is 18.1 Å². The molecule has 0 amide bonds. The molecule has 0 saturated heterocycles. The molecule has 0 bridgehead atoms. The number of aryl methyl sites for hydroxylation is 1. The van der Waals surface area contributed by atoms with Crippen molar-refractivity contribution in [3.05, 3.63) is 47.0 Å². The van der Waals surface area contributed by atoms with E-state index < -0.39 is 18.8 Å². The van der Waals surface area contributed by atoms with Crippen LogP contribution in [0.25, 0.3) is 5.65 Å². The van der Waals surface area contributed by atoms with Crippen LogP contribution in [0.4, 0.5) is 13.2 Å². The molecule has 0 aliphatic rings. The van der Waals surface area contributed by atoms with Crippen LogP contribution in [0.2, 0.25) is 5.02 Å². The lowest BCUT2D eigenvalue weighted by Gasteiger charge is -2.13. The van der Waals surface area contributed by atoms with Gasteiger partial charge in [0, 0.05) is 12.3 Å². The van der Waals surface area contributed by atoms with Crippen LogP contribution in [0.1, 0.15) is 23.1 Å². The van der Waals surface area contributed by atoms with Gasteiger partial charge < -0.3 is 14.2 Å². The number of fused-ring (bicyclic) bond motifs is 1. The predicted molar refractivity (Wildman–Crippen MR) is 96.8 cm³/mol. The summed E-state index contributed by atoms with van der Waals surface area (Å²) in [7, 11) is 0. The topological polar surface area (TPSA) is 75.0 Å². The summed E-state index contributed by atoms with van der Waals surface area (Å²) >= 11 is 5.79. The Kier molecular flexibility index (Phi) is 5.83. The number of nitrogens with zero attached hydrogens (tertiary/aromatic N) is 3. The summed E-state index contributed by atoms with van der Waals surface area (Å²) in [6.45, 7) is 2.05. The van der Waals surface area contributed by atoms with Gasteiger partial charge in [-0.15, -0.1) is 0 Å². The molecule has 0 unspecified atom stereocenters. The van der Waals surface area contributed by atoms with Crippen molar-refractivity contribution in [2.75, 3.05) is 13.2 Å². The van der Waals surface area contributed by atoms with Gasteiger partial charge >= 0.3 is 12.1 Å². The summed E-state index contributed by atoms with van der Waals surface area (Å²) < 4.78 is 54.3. The molecule has 0 aromatic carbocycles. The van der Waals surface area contributed by atoms with E-state index in [9.17, 15) is 18.0 Å². The molecule has 154 valence electrons. The van der Waals surface area contributed by atoms with Gasteiger partial charge in [-0.3, -0.25) is 4.40 Å². The molecule has 3 aromatic heterocycles. The zero-order valence-electron chi connectivity index (χ0n) is 15.3. The Hall–Kier alpha value is -3.01. The van der Waals surface area contributed by atoms with Gasteiger partial charge in [-0.05, 0) is 26.0 Å². The van der Waals surface area contributed by atoms with E-state index in [1.54, 1.807) is 24.3 Å². The summed E-state index contributed by atoms with van der Waals surface area (Å²) in [5, 5.41) is 0.0921. The van der Waals surface area contributed by atoms with Gasteiger partial charge in [-0.1, -0.05) is 11.6 Å². The van der Waals surface area contributed by atoms with Crippen LogP contribution in [0.15, 0.2) is 30.6 Å². The highest BCUT2D eigenvalue weighted by Crippen LogP contribution is 2.33. The second kappa shape index (κ2) is 8.16. The SMILES string of the molecule is CCOC(=O)c1nc2ccc(Oc3ncc(Cl)cc3OCC(F)(F)F)cn2c1C. The zero-order chi connectivity index (χ0) is 21.2. The van der Waals surface area contributed by atoms with E-state index in [-0.39, 0.29) is 34.7 Å². The number of rotatable bonds is 6. The molecular formula is C18H15ClF3N3O4. The summed E-state index contributed by atoms with van der Waals surface area (Å²) in [6.07, 6.45) is -1.79. The first-order chi connectivity index (χ1) is 13.7. The van der Waals surface area contributed by atoms with Crippen molar-refractivity contribution in [1.29, 1.82) is 0 Å². The van der Waals surface area contributed by atoms with Crippen LogP contribution >= 0.6 is 11.6 Å². The fourth-order valence-electron chi connectivity index (χ4n) is 2.46. The van der Waals surface area contributed by atoms with E-state index in [2.05, 4.69) is 9.97 Å². The van der Waals surface area contributed by atoms with Crippen LogP contribution in [0, 0.1) is 6.92 Å². The van der Waals surface area contributed by atoms with Gasteiger partial charge in [0.1, 0.15) is 11.4 Å². The number of carbonyl (C=O) groups excluding carboxylic acids is 1. The van der Waals surface area contributed by atoms with Gasteiger partial charge in [0.25, 0.3) is 5.88 Å². The van der Waals surface area contributed by atoms with Crippen molar-refractivity contribution in [2.24, 2.45) is 0 Å². The number of hydrogen-bond donors (Lipinski definition) is 0. The van der Waals surface area contributed by atoms with Gasteiger partial charge in [0.05, 0.1) is 23.5 Å². The molecule has 0 N–H and O–H groups in total. The minimum Gasteiger partial charge on any atom is -0.478 e. The number of esters is 1. The Morgan fingerprint density at radius 1 is 1.31 bits per heavy atom. The van der Waals surface area contributed by atoms with Crippen molar-refractivity contribution >= 4 is 23.2 Å². The van der Waals surface area contributed by atoms with Crippen LogP contribution in [-0.4, -0.2) is 39.7 Å². The van der Waals surface area contributed by atoms with Gasteiger partial charge in [0.2, 0.25) is 0 Å². The Labute approximate surface area is 168 Å². The third-order valence-corrected chi connectivity index (χ3v) is 3.90. The van der Waals surface area contributed by atoms with Gasteiger partial charge in [-0.25, -0.2) is 14.8 Å². The second-order valence-corrected chi connectivity index (χ2v) is 6.26. The Balaban J connectivity index is 1.90. The van der Waals surface area contributed by atoms with E-state index in [1.807, 2.05) is 0 Å². The molecule has 0 radical (unpaired) electrons. The fourth-order valence-corrected chi connectivity index (χ4v) is 2.60. The molecule has 0 aliphatic heterocycles. The van der Waals surface area contributed by atoms with E-state index in [0.29, 0.717) is 11.3 Å². The maximum absolute atomic E-state index is 12.5. The minimum absolute atomic E-state index is 0.0921. The van der Waals surface area contributed by atoms with Crippen LogP contribution < -0.4 is 9.47 Å². The van der Waals surface area contributed by atoms with Crippen molar-refractivity contribution in [3.8, 4) is 17.4 Å². The molecule has 11 heteroatoms. The average Bonchev–Trinajstić information content (AvgIpc) is 2.98. The summed E-state index contributed by atoms with van der Waals surface area (Å²) in [5.41, 5.74) is 1.14. The Bertz CT molecular complexity index is 1050. The highest BCUT2D eigenvalue weighted by atomic mass is 35.5. The largest absolute Gasteiger partial charge is 0.478 e. The molecule has 0 saturated carbocycles. The molecule has 7 nitrogen and oxygen atoms in total. The van der Waals surface area contributed by atoms with Crippen molar-refractivity contribution in [2.45, 2.75) is 20.0 Å². The van der Waals surface area contributed by atoms with E-state index in [1.165, 1.54) is 24.5 Å². The lowest BCUT2D eigenvalue weighted by molar-refractivity contribution is -0.153. The molecule has 3 heterocycles.